The van der Waals surface area contributed by atoms with Crippen LogP contribution in [0.5, 0.6) is 0 Å². The molecule has 146 valence electrons. The second-order valence-electron chi connectivity index (χ2n) is 7.17. The highest BCUT2D eigenvalue weighted by atomic mass is 16.5. The van der Waals surface area contributed by atoms with Crippen molar-refractivity contribution in [1.29, 1.82) is 0 Å². The van der Waals surface area contributed by atoms with Gasteiger partial charge in [-0.3, -0.25) is 0 Å². The molecule has 3 rings (SSSR count). The van der Waals surface area contributed by atoms with Crippen molar-refractivity contribution >= 4 is 5.96 Å². The summed E-state index contributed by atoms with van der Waals surface area (Å²) in [7, 11) is 0. The number of hydrogen-bond acceptors (Lipinski definition) is 4. The quantitative estimate of drug-likeness (QED) is 0.508. The number of guanidine groups is 1. The summed E-state index contributed by atoms with van der Waals surface area (Å²) in [4.78, 5) is 4.73. The zero-order valence-electron chi connectivity index (χ0n) is 16.3. The van der Waals surface area contributed by atoms with Crippen LogP contribution in [0.25, 0.3) is 5.69 Å². The van der Waals surface area contributed by atoms with Crippen LogP contribution in [0.15, 0.2) is 35.3 Å². The summed E-state index contributed by atoms with van der Waals surface area (Å²) in [6.45, 7) is 9.30. The first-order valence-corrected chi connectivity index (χ1v) is 9.39. The molecule has 1 saturated heterocycles. The maximum absolute atomic E-state index is 9.59. The molecule has 1 aromatic carbocycles. The van der Waals surface area contributed by atoms with Crippen LogP contribution in [-0.4, -0.2) is 53.8 Å². The SMILES string of the molecule is CCNC(=NCc1ccccc1-n1nc(C)cc1C)NCC1(CO)COC1. The highest BCUT2D eigenvalue weighted by molar-refractivity contribution is 5.79. The zero-order valence-corrected chi connectivity index (χ0v) is 16.3. The average Bonchev–Trinajstić information content (AvgIpc) is 2.97. The van der Waals surface area contributed by atoms with E-state index in [-0.39, 0.29) is 12.0 Å². The van der Waals surface area contributed by atoms with Gasteiger partial charge in [-0.1, -0.05) is 18.2 Å². The predicted octanol–water partition coefficient (Wildman–Crippen LogP) is 1.55. The third-order valence-corrected chi connectivity index (χ3v) is 4.76. The smallest absolute Gasteiger partial charge is 0.191 e. The minimum absolute atomic E-state index is 0.111. The van der Waals surface area contributed by atoms with Crippen molar-refractivity contribution in [2.75, 3.05) is 32.9 Å². The first kappa shape index (κ1) is 19.4. The molecule has 7 heteroatoms. The molecule has 0 unspecified atom stereocenters. The molecule has 1 aromatic heterocycles. The summed E-state index contributed by atoms with van der Waals surface area (Å²) < 4.78 is 7.22. The molecular formula is C20H29N5O2. The summed E-state index contributed by atoms with van der Waals surface area (Å²) >= 11 is 0. The van der Waals surface area contributed by atoms with Crippen LogP contribution >= 0.6 is 0 Å². The van der Waals surface area contributed by atoms with Gasteiger partial charge in [0.1, 0.15) is 0 Å². The average molecular weight is 371 g/mol. The van der Waals surface area contributed by atoms with Crippen LogP contribution in [0.4, 0.5) is 0 Å². The second kappa shape index (κ2) is 8.54. The number of ether oxygens (including phenoxy) is 1. The van der Waals surface area contributed by atoms with Gasteiger partial charge < -0.3 is 20.5 Å². The summed E-state index contributed by atoms with van der Waals surface area (Å²) in [6.07, 6.45) is 0. The van der Waals surface area contributed by atoms with Crippen molar-refractivity contribution in [3.05, 3.63) is 47.3 Å². The number of aryl methyl sites for hydroxylation is 2. The van der Waals surface area contributed by atoms with Crippen LogP contribution in [0.1, 0.15) is 23.9 Å². The highest BCUT2D eigenvalue weighted by Crippen LogP contribution is 2.25. The minimum Gasteiger partial charge on any atom is -0.396 e. The Morgan fingerprint density at radius 1 is 1.30 bits per heavy atom. The van der Waals surface area contributed by atoms with E-state index in [2.05, 4.69) is 40.9 Å². The Labute approximate surface area is 160 Å². The van der Waals surface area contributed by atoms with Crippen molar-refractivity contribution in [3.63, 3.8) is 0 Å². The molecule has 2 aromatic rings. The highest BCUT2D eigenvalue weighted by Gasteiger charge is 2.38. The molecule has 0 saturated carbocycles. The first-order valence-electron chi connectivity index (χ1n) is 9.39. The largest absolute Gasteiger partial charge is 0.396 e. The van der Waals surface area contributed by atoms with Gasteiger partial charge >= 0.3 is 0 Å². The van der Waals surface area contributed by atoms with E-state index in [0.29, 0.717) is 26.3 Å². The molecule has 0 atom stereocenters. The third-order valence-electron chi connectivity index (χ3n) is 4.76. The van der Waals surface area contributed by atoms with E-state index in [0.717, 1.165) is 35.1 Å². The number of aliphatic hydroxyl groups is 1. The van der Waals surface area contributed by atoms with E-state index < -0.39 is 0 Å². The van der Waals surface area contributed by atoms with Crippen LogP contribution in [-0.2, 0) is 11.3 Å². The fraction of sp³-hybridized carbons (Fsp3) is 0.500. The summed E-state index contributed by atoms with van der Waals surface area (Å²) in [5, 5.41) is 20.8. The van der Waals surface area contributed by atoms with Crippen LogP contribution < -0.4 is 10.6 Å². The number of aliphatic imine (C=N–C) groups is 1. The number of nitrogens with one attached hydrogen (secondary N) is 2. The summed E-state index contributed by atoms with van der Waals surface area (Å²) in [5.74, 6) is 0.736. The lowest BCUT2D eigenvalue weighted by molar-refractivity contribution is -0.132. The lowest BCUT2D eigenvalue weighted by Gasteiger charge is -2.40. The monoisotopic (exact) mass is 371 g/mol. The molecule has 1 aliphatic rings. The Morgan fingerprint density at radius 3 is 2.67 bits per heavy atom. The van der Waals surface area contributed by atoms with Gasteiger partial charge in [0.2, 0.25) is 0 Å². The molecule has 1 fully saturated rings. The Hall–Kier alpha value is -2.38. The van der Waals surface area contributed by atoms with Crippen LogP contribution in [0.3, 0.4) is 0 Å². The molecule has 0 aliphatic carbocycles. The van der Waals surface area contributed by atoms with Crippen LogP contribution in [0.2, 0.25) is 0 Å². The Morgan fingerprint density at radius 2 is 2.07 bits per heavy atom. The molecule has 7 nitrogen and oxygen atoms in total. The van der Waals surface area contributed by atoms with E-state index in [1.807, 2.05) is 30.7 Å². The molecular weight excluding hydrogens is 342 g/mol. The van der Waals surface area contributed by atoms with E-state index in [4.69, 9.17) is 9.73 Å². The fourth-order valence-electron chi connectivity index (χ4n) is 3.14. The van der Waals surface area contributed by atoms with Crippen molar-refractivity contribution < 1.29 is 9.84 Å². The van der Waals surface area contributed by atoms with Gasteiger partial charge in [0, 0.05) is 18.8 Å². The third kappa shape index (κ3) is 4.48. The Balaban J connectivity index is 1.75. The lowest BCUT2D eigenvalue weighted by Crippen LogP contribution is -2.54. The standard InChI is InChI=1S/C20H29N5O2/c1-4-21-19(23-11-20(12-26)13-27-14-20)22-10-17-7-5-6-8-18(17)25-16(3)9-15(2)24-25/h5-9,26H,4,10-14H2,1-3H3,(H2,21,22,23). The maximum atomic E-state index is 9.59. The number of nitrogens with zero attached hydrogens (tertiary/aromatic N) is 3. The summed E-state index contributed by atoms with van der Waals surface area (Å²) in [6, 6.07) is 10.3. The predicted molar refractivity (Wildman–Crippen MR) is 106 cm³/mol. The van der Waals surface area contributed by atoms with Gasteiger partial charge in [-0.2, -0.15) is 5.10 Å². The molecule has 0 spiro atoms. The van der Waals surface area contributed by atoms with Crippen molar-refractivity contribution in [3.8, 4) is 5.69 Å². The molecule has 0 bridgehead atoms. The zero-order chi connectivity index (χ0) is 19.3. The minimum atomic E-state index is -0.197. The van der Waals surface area contributed by atoms with Gasteiger partial charge in [0.25, 0.3) is 0 Å². The van der Waals surface area contributed by atoms with Gasteiger partial charge in [0.15, 0.2) is 5.96 Å². The van der Waals surface area contributed by atoms with E-state index in [1.54, 1.807) is 0 Å². The molecule has 3 N–H and O–H groups in total. The number of benzene rings is 1. The Kier molecular flexibility index (Phi) is 6.13. The fourth-order valence-corrected chi connectivity index (χ4v) is 3.14. The molecule has 27 heavy (non-hydrogen) atoms. The van der Waals surface area contributed by atoms with E-state index in [1.165, 1.54) is 0 Å². The van der Waals surface area contributed by atoms with Crippen molar-refractivity contribution in [2.45, 2.75) is 27.3 Å². The number of aromatic nitrogens is 2. The number of hydrogen-bond donors (Lipinski definition) is 3. The first-order chi connectivity index (χ1) is 13.1. The molecule has 0 radical (unpaired) electrons. The Bertz CT molecular complexity index is 790. The molecule has 1 aliphatic heterocycles. The van der Waals surface area contributed by atoms with E-state index >= 15 is 0 Å². The number of rotatable bonds is 7. The van der Waals surface area contributed by atoms with Gasteiger partial charge in [-0.25, -0.2) is 9.67 Å². The maximum Gasteiger partial charge on any atom is 0.191 e. The second-order valence-corrected chi connectivity index (χ2v) is 7.17. The van der Waals surface area contributed by atoms with Crippen LogP contribution in [0, 0.1) is 19.3 Å². The number of aliphatic hydroxyl groups excluding tert-OH is 1. The molecule has 2 heterocycles. The topological polar surface area (TPSA) is 83.7 Å². The number of para-hydroxylation sites is 1. The molecule has 0 amide bonds. The van der Waals surface area contributed by atoms with Gasteiger partial charge in [-0.05, 0) is 38.5 Å². The lowest BCUT2D eigenvalue weighted by atomic mass is 9.87. The van der Waals surface area contributed by atoms with E-state index in [9.17, 15) is 5.11 Å². The van der Waals surface area contributed by atoms with Gasteiger partial charge in [-0.15, -0.1) is 0 Å². The summed E-state index contributed by atoms with van der Waals surface area (Å²) in [5.41, 5.74) is 4.05. The van der Waals surface area contributed by atoms with Crippen molar-refractivity contribution in [1.82, 2.24) is 20.4 Å². The van der Waals surface area contributed by atoms with Gasteiger partial charge in [0.05, 0.1) is 43.2 Å². The van der Waals surface area contributed by atoms with Crippen molar-refractivity contribution in [2.24, 2.45) is 10.4 Å². The normalized spacial score (nSPS) is 16.1.